The number of carbonyl (C=O) groups excluding carboxylic acids is 3. The van der Waals surface area contributed by atoms with E-state index in [1.807, 2.05) is 51.1 Å². The molecule has 37 heavy (non-hydrogen) atoms. The van der Waals surface area contributed by atoms with Crippen molar-refractivity contribution in [2.24, 2.45) is 11.8 Å². The molecule has 3 fully saturated rings. The van der Waals surface area contributed by atoms with Crippen molar-refractivity contribution in [1.29, 1.82) is 0 Å². The summed E-state index contributed by atoms with van der Waals surface area (Å²) in [5, 5.41) is 10.5. The molecule has 3 aliphatic rings. The maximum atomic E-state index is 14.4. The average Bonchev–Trinajstić information content (AvgIpc) is 3.50. The second kappa shape index (κ2) is 10.4. The van der Waals surface area contributed by atoms with Gasteiger partial charge >= 0.3 is 5.97 Å². The Labute approximate surface area is 218 Å². The van der Waals surface area contributed by atoms with Crippen LogP contribution in [0.1, 0.15) is 51.6 Å². The zero-order valence-corrected chi connectivity index (χ0v) is 22.0. The summed E-state index contributed by atoms with van der Waals surface area (Å²) < 4.78 is 12.0. The summed E-state index contributed by atoms with van der Waals surface area (Å²) in [4.78, 5) is 45.0. The number of aliphatic hydroxyl groups is 1. The van der Waals surface area contributed by atoms with Gasteiger partial charge in [0.05, 0.1) is 37.2 Å². The molecule has 2 bridgehead atoms. The number of amides is 2. The number of fused-ring (bicyclic) bond motifs is 1. The van der Waals surface area contributed by atoms with Gasteiger partial charge in [-0.05, 0) is 45.6 Å². The van der Waals surface area contributed by atoms with E-state index in [9.17, 15) is 19.5 Å². The maximum Gasteiger partial charge on any atom is 0.312 e. The molecule has 2 unspecified atom stereocenters. The van der Waals surface area contributed by atoms with Crippen LogP contribution in [-0.4, -0.2) is 75.7 Å². The van der Waals surface area contributed by atoms with Gasteiger partial charge in [0, 0.05) is 12.1 Å². The Hall–Kier alpha value is -2.97. The lowest BCUT2D eigenvalue weighted by Crippen LogP contribution is -2.60. The zero-order valence-electron chi connectivity index (χ0n) is 22.0. The summed E-state index contributed by atoms with van der Waals surface area (Å²) >= 11 is 0. The van der Waals surface area contributed by atoms with Gasteiger partial charge in [-0.15, -0.1) is 13.2 Å². The lowest BCUT2D eigenvalue weighted by Gasteiger charge is -2.43. The predicted octanol–water partition coefficient (Wildman–Crippen LogP) is 3.03. The van der Waals surface area contributed by atoms with Crippen molar-refractivity contribution >= 4 is 17.8 Å². The molecule has 1 N–H and O–H groups in total. The van der Waals surface area contributed by atoms with Crippen LogP contribution in [0.2, 0.25) is 0 Å². The van der Waals surface area contributed by atoms with E-state index >= 15 is 0 Å². The first-order chi connectivity index (χ1) is 17.6. The normalized spacial score (nSPS) is 29.1. The number of benzene rings is 1. The Balaban J connectivity index is 1.81. The summed E-state index contributed by atoms with van der Waals surface area (Å²) in [5.74, 6) is -2.79. The topological polar surface area (TPSA) is 96.4 Å². The Kier molecular flexibility index (Phi) is 7.62. The summed E-state index contributed by atoms with van der Waals surface area (Å²) in [6.45, 7) is 13.3. The Bertz CT molecular complexity index is 1050. The van der Waals surface area contributed by atoms with Crippen LogP contribution >= 0.6 is 0 Å². The predicted molar refractivity (Wildman–Crippen MR) is 138 cm³/mol. The fourth-order valence-corrected chi connectivity index (χ4v) is 6.31. The number of esters is 1. The third-order valence-electron chi connectivity index (χ3n) is 7.89. The van der Waals surface area contributed by atoms with Crippen LogP contribution in [0.15, 0.2) is 55.6 Å². The lowest BCUT2D eigenvalue weighted by molar-refractivity contribution is -0.157. The summed E-state index contributed by atoms with van der Waals surface area (Å²) in [7, 11) is 0. The van der Waals surface area contributed by atoms with Gasteiger partial charge in [-0.3, -0.25) is 14.4 Å². The highest BCUT2D eigenvalue weighted by atomic mass is 16.6. The van der Waals surface area contributed by atoms with Crippen molar-refractivity contribution in [1.82, 2.24) is 9.80 Å². The molecule has 3 saturated heterocycles. The third kappa shape index (κ3) is 4.50. The summed E-state index contributed by atoms with van der Waals surface area (Å²) in [5.41, 5.74) is -1.03. The molecule has 1 aromatic carbocycles. The van der Waals surface area contributed by atoms with E-state index in [4.69, 9.17) is 9.47 Å². The van der Waals surface area contributed by atoms with Gasteiger partial charge in [0.1, 0.15) is 11.6 Å². The molecular weight excluding hydrogens is 472 g/mol. The monoisotopic (exact) mass is 510 g/mol. The number of carbonyl (C=O) groups is 3. The SMILES string of the molecule is C=CCCOC(=O)[C@@H]1[C@H]2C(=O)N([C@H](CO)c3ccccc3)C(C(=O)N(CC=C)C(C)(C)C)C23CC[C@H]1O3. The van der Waals surface area contributed by atoms with Crippen LogP contribution in [0.5, 0.6) is 0 Å². The summed E-state index contributed by atoms with van der Waals surface area (Å²) in [6.07, 6.45) is 4.35. The average molecular weight is 511 g/mol. The Morgan fingerprint density at radius 1 is 1.27 bits per heavy atom. The van der Waals surface area contributed by atoms with E-state index in [2.05, 4.69) is 13.2 Å². The molecule has 3 aliphatic heterocycles. The van der Waals surface area contributed by atoms with Gasteiger partial charge in [-0.25, -0.2) is 0 Å². The minimum absolute atomic E-state index is 0.173. The molecule has 1 aromatic rings. The molecule has 8 nitrogen and oxygen atoms in total. The highest BCUT2D eigenvalue weighted by Gasteiger charge is 2.76. The van der Waals surface area contributed by atoms with Crippen molar-refractivity contribution in [2.45, 2.75) is 69.4 Å². The molecule has 4 rings (SSSR count). The number of aliphatic hydroxyl groups excluding tert-OH is 1. The van der Waals surface area contributed by atoms with Crippen LogP contribution in [0.3, 0.4) is 0 Å². The first-order valence-electron chi connectivity index (χ1n) is 13.0. The second-order valence-electron chi connectivity index (χ2n) is 11.1. The van der Waals surface area contributed by atoms with Crippen LogP contribution in [-0.2, 0) is 23.9 Å². The van der Waals surface area contributed by atoms with E-state index in [1.54, 1.807) is 17.1 Å². The third-order valence-corrected chi connectivity index (χ3v) is 7.89. The first-order valence-corrected chi connectivity index (χ1v) is 13.0. The summed E-state index contributed by atoms with van der Waals surface area (Å²) in [6, 6.07) is 7.39. The molecule has 0 saturated carbocycles. The van der Waals surface area contributed by atoms with Crippen molar-refractivity contribution in [3.63, 3.8) is 0 Å². The molecule has 6 atom stereocenters. The van der Waals surface area contributed by atoms with Crippen LogP contribution in [0, 0.1) is 11.8 Å². The van der Waals surface area contributed by atoms with Crippen LogP contribution in [0.25, 0.3) is 0 Å². The Morgan fingerprint density at radius 2 is 1.97 bits per heavy atom. The number of hydrogen-bond donors (Lipinski definition) is 1. The highest BCUT2D eigenvalue weighted by molar-refractivity contribution is 5.98. The van der Waals surface area contributed by atoms with Crippen molar-refractivity contribution in [2.75, 3.05) is 19.8 Å². The molecular formula is C29H38N2O6. The number of hydrogen-bond acceptors (Lipinski definition) is 6. The largest absolute Gasteiger partial charge is 0.465 e. The van der Waals surface area contributed by atoms with E-state index in [-0.39, 0.29) is 31.6 Å². The van der Waals surface area contributed by atoms with Gasteiger partial charge in [0.2, 0.25) is 11.8 Å². The van der Waals surface area contributed by atoms with Gasteiger partial charge in [0.15, 0.2) is 0 Å². The second-order valence-corrected chi connectivity index (χ2v) is 11.1. The highest BCUT2D eigenvalue weighted by Crippen LogP contribution is 2.60. The standard InChI is InChI=1S/C29H38N2O6/c1-6-8-17-36-27(35)22-21-14-15-29(37-21)23(22)25(33)31(20(18-32)19-12-10-9-11-13-19)24(29)26(34)30(16-7-2)28(3,4)5/h6-7,9-13,20-24,32H,1-2,8,14-18H2,3-5H3/t20-,21-,22+,23+,24?,29?/m1/s1. The quantitative estimate of drug-likeness (QED) is 0.295. The molecule has 0 radical (unpaired) electrons. The lowest BCUT2D eigenvalue weighted by atomic mass is 9.70. The molecule has 8 heteroatoms. The number of rotatable bonds is 10. The Morgan fingerprint density at radius 3 is 2.57 bits per heavy atom. The zero-order chi connectivity index (χ0) is 27.0. The number of likely N-dealkylation sites (tertiary alicyclic amines) is 1. The van der Waals surface area contributed by atoms with Gasteiger partial charge in [-0.1, -0.05) is 42.5 Å². The fourth-order valence-electron chi connectivity index (χ4n) is 6.31. The fraction of sp³-hybridized carbons (Fsp3) is 0.552. The molecule has 0 aliphatic carbocycles. The minimum atomic E-state index is -1.17. The van der Waals surface area contributed by atoms with E-state index in [0.29, 0.717) is 24.8 Å². The molecule has 0 aromatic heterocycles. The van der Waals surface area contributed by atoms with Gasteiger partial charge in [-0.2, -0.15) is 0 Å². The van der Waals surface area contributed by atoms with E-state index in [1.165, 1.54) is 4.90 Å². The van der Waals surface area contributed by atoms with Crippen LogP contribution in [0.4, 0.5) is 0 Å². The molecule has 1 spiro atoms. The smallest absolute Gasteiger partial charge is 0.312 e. The molecule has 2 amide bonds. The van der Waals surface area contributed by atoms with Crippen LogP contribution < -0.4 is 0 Å². The first kappa shape index (κ1) is 27.1. The number of ether oxygens (including phenoxy) is 2. The molecule has 200 valence electrons. The van der Waals surface area contributed by atoms with Crippen molar-refractivity contribution in [3.8, 4) is 0 Å². The molecule has 3 heterocycles. The van der Waals surface area contributed by atoms with Crippen molar-refractivity contribution < 1.29 is 29.0 Å². The van der Waals surface area contributed by atoms with Gasteiger partial charge < -0.3 is 24.4 Å². The minimum Gasteiger partial charge on any atom is -0.465 e. The van der Waals surface area contributed by atoms with E-state index in [0.717, 1.165) is 0 Å². The van der Waals surface area contributed by atoms with Crippen molar-refractivity contribution in [3.05, 3.63) is 61.2 Å². The maximum absolute atomic E-state index is 14.4. The number of nitrogens with zero attached hydrogens (tertiary/aromatic N) is 2. The van der Waals surface area contributed by atoms with E-state index < -0.39 is 47.1 Å². The van der Waals surface area contributed by atoms with Gasteiger partial charge in [0.25, 0.3) is 0 Å².